The van der Waals surface area contributed by atoms with Crippen LogP contribution >= 0.6 is 0 Å². The molecule has 1 saturated heterocycles. The average Bonchev–Trinajstić information content (AvgIpc) is 2.84. The van der Waals surface area contributed by atoms with E-state index >= 15 is 0 Å². The number of hydrogen-bond donors (Lipinski definition) is 1. The molecular weight excluding hydrogens is 228 g/mol. The summed E-state index contributed by atoms with van der Waals surface area (Å²) >= 11 is 0. The summed E-state index contributed by atoms with van der Waals surface area (Å²) in [5.74, 6) is 0.451. The molecule has 1 amide bonds. The molecular formula is C14H26N2O2. The van der Waals surface area contributed by atoms with Crippen molar-refractivity contribution in [2.45, 2.75) is 64.0 Å². The summed E-state index contributed by atoms with van der Waals surface area (Å²) in [4.78, 5) is 14.3. The van der Waals surface area contributed by atoms with E-state index in [1.54, 1.807) is 0 Å². The van der Waals surface area contributed by atoms with E-state index in [-0.39, 0.29) is 11.6 Å². The molecule has 2 rings (SSSR count). The van der Waals surface area contributed by atoms with Gasteiger partial charge in [-0.1, -0.05) is 6.42 Å². The maximum absolute atomic E-state index is 12.3. The largest absolute Gasteiger partial charge is 0.444 e. The van der Waals surface area contributed by atoms with E-state index in [0.29, 0.717) is 12.5 Å². The van der Waals surface area contributed by atoms with Crippen LogP contribution in [0, 0.1) is 5.92 Å². The van der Waals surface area contributed by atoms with Gasteiger partial charge < -0.3 is 15.4 Å². The molecule has 104 valence electrons. The first-order valence-corrected chi connectivity index (χ1v) is 7.10. The third kappa shape index (κ3) is 2.35. The predicted molar refractivity (Wildman–Crippen MR) is 71.3 cm³/mol. The molecule has 2 aliphatic rings. The lowest BCUT2D eigenvalue weighted by molar-refractivity contribution is 0.000892. The molecule has 2 fully saturated rings. The minimum absolute atomic E-state index is 0.00289. The van der Waals surface area contributed by atoms with Gasteiger partial charge in [0.25, 0.3) is 0 Å². The van der Waals surface area contributed by atoms with Crippen LogP contribution in [0.4, 0.5) is 4.79 Å². The van der Waals surface area contributed by atoms with Crippen LogP contribution in [-0.4, -0.2) is 35.2 Å². The van der Waals surface area contributed by atoms with E-state index in [4.69, 9.17) is 10.5 Å². The molecule has 2 N–H and O–H groups in total. The first-order chi connectivity index (χ1) is 8.39. The zero-order chi connectivity index (χ0) is 13.4. The number of nitrogens with two attached hydrogens (primary N) is 1. The summed E-state index contributed by atoms with van der Waals surface area (Å²) in [6.07, 6.45) is 5.44. The van der Waals surface area contributed by atoms with Crippen LogP contribution in [-0.2, 0) is 4.74 Å². The second-order valence-corrected chi connectivity index (χ2v) is 6.66. The lowest BCUT2D eigenvalue weighted by Gasteiger charge is -2.40. The molecule has 1 saturated carbocycles. The topological polar surface area (TPSA) is 55.6 Å². The van der Waals surface area contributed by atoms with E-state index in [2.05, 4.69) is 0 Å². The second kappa shape index (κ2) is 4.72. The molecule has 18 heavy (non-hydrogen) atoms. The molecule has 2 atom stereocenters. The smallest absolute Gasteiger partial charge is 0.410 e. The zero-order valence-electron chi connectivity index (χ0n) is 11.9. The van der Waals surface area contributed by atoms with Gasteiger partial charge in [-0.25, -0.2) is 4.79 Å². The number of ether oxygens (including phenoxy) is 1. The highest BCUT2D eigenvalue weighted by Gasteiger charge is 2.51. The van der Waals surface area contributed by atoms with Gasteiger partial charge in [-0.05, 0) is 58.9 Å². The Labute approximate surface area is 110 Å². The van der Waals surface area contributed by atoms with E-state index in [0.717, 1.165) is 32.2 Å². The van der Waals surface area contributed by atoms with E-state index in [9.17, 15) is 4.79 Å². The highest BCUT2D eigenvalue weighted by atomic mass is 16.6. The van der Waals surface area contributed by atoms with E-state index in [1.807, 2.05) is 25.7 Å². The van der Waals surface area contributed by atoms with Gasteiger partial charge in [0.15, 0.2) is 0 Å². The number of hydrogen-bond acceptors (Lipinski definition) is 3. The Kier molecular flexibility index (Phi) is 3.58. The van der Waals surface area contributed by atoms with Gasteiger partial charge >= 0.3 is 6.09 Å². The molecule has 4 heteroatoms. The predicted octanol–water partition coefficient (Wildman–Crippen LogP) is 2.51. The number of nitrogens with zero attached hydrogens (tertiary/aromatic N) is 1. The lowest BCUT2D eigenvalue weighted by atomic mass is 9.84. The van der Waals surface area contributed by atoms with Gasteiger partial charge in [0, 0.05) is 6.54 Å². The van der Waals surface area contributed by atoms with Crippen molar-refractivity contribution in [2.75, 3.05) is 13.1 Å². The molecule has 2 unspecified atom stereocenters. The van der Waals surface area contributed by atoms with Gasteiger partial charge in [0.2, 0.25) is 0 Å². The SMILES string of the molecule is CC(C)(C)OC(=O)N1CCCC12CCCC2CN. The lowest BCUT2D eigenvalue weighted by Crippen LogP contribution is -2.52. The molecule has 0 aromatic rings. The third-order valence-corrected chi connectivity index (χ3v) is 4.35. The molecule has 1 spiro atoms. The van der Waals surface area contributed by atoms with Crippen molar-refractivity contribution in [1.29, 1.82) is 0 Å². The Morgan fingerprint density at radius 3 is 2.67 bits per heavy atom. The fourth-order valence-corrected chi connectivity index (χ4v) is 3.64. The highest BCUT2D eigenvalue weighted by Crippen LogP contribution is 2.47. The maximum Gasteiger partial charge on any atom is 0.410 e. The van der Waals surface area contributed by atoms with Crippen LogP contribution in [0.2, 0.25) is 0 Å². The van der Waals surface area contributed by atoms with Crippen molar-refractivity contribution in [3.63, 3.8) is 0 Å². The molecule has 0 radical (unpaired) electrons. The van der Waals surface area contributed by atoms with E-state index < -0.39 is 5.60 Å². The van der Waals surface area contributed by atoms with Crippen LogP contribution in [0.15, 0.2) is 0 Å². The summed E-state index contributed by atoms with van der Waals surface area (Å²) in [6.45, 7) is 7.26. The van der Waals surface area contributed by atoms with Crippen molar-refractivity contribution in [3.8, 4) is 0 Å². The molecule has 4 nitrogen and oxygen atoms in total. The Morgan fingerprint density at radius 2 is 2.06 bits per heavy atom. The van der Waals surface area contributed by atoms with Crippen LogP contribution in [0.3, 0.4) is 0 Å². The monoisotopic (exact) mass is 254 g/mol. The Balaban J connectivity index is 2.14. The fourth-order valence-electron chi connectivity index (χ4n) is 3.64. The summed E-state index contributed by atoms with van der Waals surface area (Å²) < 4.78 is 5.55. The van der Waals surface area contributed by atoms with Gasteiger partial charge in [0.1, 0.15) is 5.60 Å². The Morgan fingerprint density at radius 1 is 1.39 bits per heavy atom. The normalized spacial score (nSPS) is 32.2. The van der Waals surface area contributed by atoms with Gasteiger partial charge in [-0.15, -0.1) is 0 Å². The van der Waals surface area contributed by atoms with Crippen molar-refractivity contribution >= 4 is 6.09 Å². The first kappa shape index (κ1) is 13.7. The summed E-state index contributed by atoms with van der Waals surface area (Å²) in [5.41, 5.74) is 5.48. The average molecular weight is 254 g/mol. The second-order valence-electron chi connectivity index (χ2n) is 6.66. The quantitative estimate of drug-likeness (QED) is 0.782. The third-order valence-electron chi connectivity index (χ3n) is 4.35. The molecule has 0 bridgehead atoms. The molecule has 1 aliphatic heterocycles. The Hall–Kier alpha value is -0.770. The van der Waals surface area contributed by atoms with Gasteiger partial charge in [-0.2, -0.15) is 0 Å². The summed E-state index contributed by atoms with van der Waals surface area (Å²) in [6, 6.07) is 0. The first-order valence-electron chi connectivity index (χ1n) is 7.10. The molecule has 1 aliphatic carbocycles. The van der Waals surface area contributed by atoms with Crippen molar-refractivity contribution < 1.29 is 9.53 Å². The number of amides is 1. The zero-order valence-corrected chi connectivity index (χ0v) is 11.9. The molecule has 0 aromatic carbocycles. The van der Waals surface area contributed by atoms with Gasteiger partial charge in [-0.3, -0.25) is 0 Å². The minimum atomic E-state index is -0.419. The number of rotatable bonds is 1. The van der Waals surface area contributed by atoms with Crippen molar-refractivity contribution in [3.05, 3.63) is 0 Å². The summed E-state index contributed by atoms with van der Waals surface area (Å²) in [5, 5.41) is 0. The van der Waals surface area contributed by atoms with Crippen LogP contribution in [0.5, 0.6) is 0 Å². The highest BCUT2D eigenvalue weighted by molar-refractivity contribution is 5.70. The number of carbonyl (C=O) groups is 1. The van der Waals surface area contributed by atoms with Crippen molar-refractivity contribution in [1.82, 2.24) is 4.90 Å². The number of carbonyl (C=O) groups excluding carboxylic acids is 1. The van der Waals surface area contributed by atoms with Crippen LogP contribution in [0.25, 0.3) is 0 Å². The minimum Gasteiger partial charge on any atom is -0.444 e. The van der Waals surface area contributed by atoms with E-state index in [1.165, 1.54) is 6.42 Å². The maximum atomic E-state index is 12.3. The van der Waals surface area contributed by atoms with Crippen molar-refractivity contribution in [2.24, 2.45) is 11.7 Å². The van der Waals surface area contributed by atoms with Gasteiger partial charge in [0.05, 0.1) is 5.54 Å². The molecule has 0 aromatic heterocycles. The van der Waals surface area contributed by atoms with Crippen LogP contribution in [0.1, 0.15) is 52.9 Å². The standard InChI is InChI=1S/C14H26N2O2/c1-13(2,3)18-12(17)16-9-5-8-14(16)7-4-6-11(14)10-15/h11H,4-10,15H2,1-3H3. The number of likely N-dealkylation sites (tertiary alicyclic amines) is 1. The van der Waals surface area contributed by atoms with Crippen LogP contribution < -0.4 is 5.73 Å². The Bertz CT molecular complexity index is 320. The summed E-state index contributed by atoms with van der Waals surface area (Å²) in [7, 11) is 0. The molecule has 1 heterocycles. The fraction of sp³-hybridized carbons (Fsp3) is 0.929.